The molecule has 1 aromatic carbocycles. The highest BCUT2D eigenvalue weighted by atomic mass is 19.1. The summed E-state index contributed by atoms with van der Waals surface area (Å²) < 4.78 is 32.7. The van der Waals surface area contributed by atoms with Crippen LogP contribution in [0.25, 0.3) is 0 Å². The number of carbonyl (C=O) groups excluding carboxylic acids is 2. The van der Waals surface area contributed by atoms with E-state index in [0.717, 1.165) is 23.1 Å². The highest BCUT2D eigenvalue weighted by molar-refractivity contribution is 6.01. The van der Waals surface area contributed by atoms with Crippen LogP contribution < -0.4 is 0 Å². The molecule has 0 radical (unpaired) electrons. The van der Waals surface area contributed by atoms with Gasteiger partial charge in [0.15, 0.2) is 5.78 Å². The standard InChI is InChI=1S/C18H20F2N2O5/c19-12-1-2-14(20)13(8-12)11-7-15(22(10-11)18(25)26)16(23)9-17(24)21-3-5-27-6-4-21/h1-2,8,11,15H,3-7,9-10H2,(H,25,26). The van der Waals surface area contributed by atoms with Gasteiger partial charge in [0.05, 0.1) is 25.7 Å². The molecular weight excluding hydrogens is 362 g/mol. The number of amides is 2. The number of ether oxygens (including phenoxy) is 1. The summed E-state index contributed by atoms with van der Waals surface area (Å²) in [6.07, 6.45) is -1.74. The number of benzene rings is 1. The first-order chi connectivity index (χ1) is 12.9. The molecule has 2 amide bonds. The maximum Gasteiger partial charge on any atom is 0.407 e. The third-order valence-electron chi connectivity index (χ3n) is 5.01. The highest BCUT2D eigenvalue weighted by Gasteiger charge is 2.41. The van der Waals surface area contributed by atoms with Crippen LogP contribution in [0.1, 0.15) is 24.3 Å². The van der Waals surface area contributed by atoms with E-state index in [1.807, 2.05) is 0 Å². The summed E-state index contributed by atoms with van der Waals surface area (Å²) in [6, 6.07) is 1.92. The number of carboxylic acid groups (broad SMARTS) is 1. The van der Waals surface area contributed by atoms with Crippen LogP contribution in [0.4, 0.5) is 13.6 Å². The lowest BCUT2D eigenvalue weighted by Gasteiger charge is -2.27. The van der Waals surface area contributed by atoms with E-state index in [2.05, 4.69) is 0 Å². The van der Waals surface area contributed by atoms with Crippen molar-refractivity contribution in [1.29, 1.82) is 0 Å². The van der Waals surface area contributed by atoms with Crippen molar-refractivity contribution in [3.8, 4) is 0 Å². The Morgan fingerprint density at radius 3 is 2.56 bits per heavy atom. The van der Waals surface area contributed by atoms with Crippen LogP contribution in [-0.4, -0.2) is 71.6 Å². The Morgan fingerprint density at radius 1 is 1.19 bits per heavy atom. The van der Waals surface area contributed by atoms with Crippen LogP contribution >= 0.6 is 0 Å². The van der Waals surface area contributed by atoms with Crippen LogP contribution in [0, 0.1) is 11.6 Å². The molecular formula is C18H20F2N2O5. The maximum atomic E-state index is 14.0. The molecule has 0 bridgehead atoms. The van der Waals surface area contributed by atoms with E-state index in [4.69, 9.17) is 4.74 Å². The molecule has 2 aliphatic rings. The van der Waals surface area contributed by atoms with E-state index in [9.17, 15) is 28.3 Å². The van der Waals surface area contributed by atoms with Crippen molar-refractivity contribution in [2.75, 3.05) is 32.8 Å². The minimum Gasteiger partial charge on any atom is -0.465 e. The minimum absolute atomic E-state index is 0.0158. The smallest absolute Gasteiger partial charge is 0.407 e. The number of ketones is 1. The molecule has 0 spiro atoms. The summed E-state index contributed by atoms with van der Waals surface area (Å²) in [7, 11) is 0. The van der Waals surface area contributed by atoms with E-state index >= 15 is 0 Å². The Balaban J connectivity index is 1.73. The molecule has 0 aliphatic carbocycles. The first kappa shape index (κ1) is 19.2. The monoisotopic (exact) mass is 382 g/mol. The lowest BCUT2D eigenvalue weighted by molar-refractivity contribution is -0.139. The fourth-order valence-corrected chi connectivity index (χ4v) is 3.60. The quantitative estimate of drug-likeness (QED) is 0.800. The SMILES string of the molecule is O=C(CC(=O)N1CCOCC1)C1CC(c2cc(F)ccc2F)CN1C(=O)O. The number of likely N-dealkylation sites (tertiary alicyclic amines) is 1. The van der Waals surface area contributed by atoms with Gasteiger partial charge in [0, 0.05) is 25.6 Å². The first-order valence-electron chi connectivity index (χ1n) is 8.69. The number of Topliss-reactive ketones (excluding diaryl/α,β-unsaturated/α-hetero) is 1. The second-order valence-electron chi connectivity index (χ2n) is 6.69. The average Bonchev–Trinajstić information content (AvgIpc) is 3.10. The Morgan fingerprint density at radius 2 is 1.89 bits per heavy atom. The molecule has 2 fully saturated rings. The normalized spacial score (nSPS) is 22.7. The van der Waals surface area contributed by atoms with E-state index in [1.54, 1.807) is 0 Å². The van der Waals surface area contributed by atoms with Crippen molar-refractivity contribution in [3.63, 3.8) is 0 Å². The summed E-state index contributed by atoms with van der Waals surface area (Å²) in [5.41, 5.74) is 0.0380. The summed E-state index contributed by atoms with van der Waals surface area (Å²) in [5, 5.41) is 9.40. The van der Waals surface area contributed by atoms with Crippen molar-refractivity contribution in [2.24, 2.45) is 0 Å². The molecule has 27 heavy (non-hydrogen) atoms. The second-order valence-corrected chi connectivity index (χ2v) is 6.69. The summed E-state index contributed by atoms with van der Waals surface area (Å²) >= 11 is 0. The molecule has 0 aromatic heterocycles. The number of rotatable bonds is 4. The molecule has 9 heteroatoms. The predicted octanol–water partition coefficient (Wildman–Crippen LogP) is 1.62. The lowest BCUT2D eigenvalue weighted by Crippen LogP contribution is -2.45. The topological polar surface area (TPSA) is 87.2 Å². The molecule has 2 atom stereocenters. The minimum atomic E-state index is -1.33. The fourth-order valence-electron chi connectivity index (χ4n) is 3.60. The fraction of sp³-hybridized carbons (Fsp3) is 0.500. The number of nitrogens with zero attached hydrogens (tertiary/aromatic N) is 2. The van der Waals surface area contributed by atoms with Gasteiger partial charge < -0.3 is 14.7 Å². The van der Waals surface area contributed by atoms with Crippen molar-refractivity contribution in [3.05, 3.63) is 35.4 Å². The maximum absolute atomic E-state index is 14.0. The van der Waals surface area contributed by atoms with Gasteiger partial charge in [-0.1, -0.05) is 0 Å². The second kappa shape index (κ2) is 7.99. The summed E-state index contributed by atoms with van der Waals surface area (Å²) in [5.74, 6) is -2.85. The van der Waals surface area contributed by atoms with Crippen molar-refractivity contribution in [1.82, 2.24) is 9.80 Å². The van der Waals surface area contributed by atoms with Crippen molar-refractivity contribution >= 4 is 17.8 Å². The zero-order chi connectivity index (χ0) is 19.6. The number of hydrogen-bond acceptors (Lipinski definition) is 4. The van der Waals surface area contributed by atoms with Crippen molar-refractivity contribution in [2.45, 2.75) is 24.8 Å². The van der Waals surface area contributed by atoms with Gasteiger partial charge in [0.25, 0.3) is 0 Å². The number of hydrogen-bond donors (Lipinski definition) is 1. The van der Waals surface area contributed by atoms with Gasteiger partial charge in [-0.25, -0.2) is 13.6 Å². The Labute approximate surface area is 154 Å². The van der Waals surface area contributed by atoms with Crippen LogP contribution in [0.5, 0.6) is 0 Å². The van der Waals surface area contributed by atoms with Crippen LogP contribution in [0.2, 0.25) is 0 Å². The average molecular weight is 382 g/mol. The molecule has 1 aromatic rings. The Bertz CT molecular complexity index is 751. The van der Waals surface area contributed by atoms with Gasteiger partial charge in [-0.15, -0.1) is 0 Å². The van der Waals surface area contributed by atoms with Crippen LogP contribution in [0.3, 0.4) is 0 Å². The molecule has 7 nitrogen and oxygen atoms in total. The van der Waals surface area contributed by atoms with E-state index in [1.165, 1.54) is 4.90 Å². The summed E-state index contributed by atoms with van der Waals surface area (Å²) in [6.45, 7) is 1.43. The molecule has 1 N–H and O–H groups in total. The number of halogens is 2. The van der Waals surface area contributed by atoms with Gasteiger partial charge in [0.2, 0.25) is 5.91 Å². The molecule has 2 unspecified atom stereocenters. The molecule has 2 heterocycles. The van der Waals surface area contributed by atoms with E-state index < -0.39 is 41.9 Å². The van der Waals surface area contributed by atoms with Gasteiger partial charge in [0.1, 0.15) is 11.6 Å². The molecule has 3 rings (SSSR count). The molecule has 2 saturated heterocycles. The third kappa shape index (κ3) is 4.24. The first-order valence-corrected chi connectivity index (χ1v) is 8.69. The van der Waals surface area contributed by atoms with Gasteiger partial charge in [-0.3, -0.25) is 14.5 Å². The van der Waals surface area contributed by atoms with Crippen LogP contribution in [-0.2, 0) is 14.3 Å². The van der Waals surface area contributed by atoms with Gasteiger partial charge >= 0.3 is 6.09 Å². The molecule has 0 saturated carbocycles. The molecule has 2 aliphatic heterocycles. The lowest BCUT2D eigenvalue weighted by atomic mass is 9.94. The Kier molecular flexibility index (Phi) is 5.69. The van der Waals surface area contributed by atoms with E-state index in [0.29, 0.717) is 26.3 Å². The van der Waals surface area contributed by atoms with Gasteiger partial charge in [-0.05, 0) is 30.2 Å². The van der Waals surface area contributed by atoms with Crippen LogP contribution in [0.15, 0.2) is 18.2 Å². The number of carbonyl (C=O) groups is 3. The molecule has 146 valence electrons. The van der Waals surface area contributed by atoms with Crippen molar-refractivity contribution < 1.29 is 33.0 Å². The van der Waals surface area contributed by atoms with Gasteiger partial charge in [-0.2, -0.15) is 0 Å². The number of morpholine rings is 1. The van der Waals surface area contributed by atoms with E-state index in [-0.39, 0.29) is 24.4 Å². The largest absolute Gasteiger partial charge is 0.465 e. The predicted molar refractivity (Wildman–Crippen MR) is 89.3 cm³/mol. The highest BCUT2D eigenvalue weighted by Crippen LogP contribution is 2.34. The Hall–Kier alpha value is -2.55. The third-order valence-corrected chi connectivity index (χ3v) is 5.01. The summed E-state index contributed by atoms with van der Waals surface area (Å²) in [4.78, 5) is 38.8. The zero-order valence-corrected chi connectivity index (χ0v) is 14.6. The zero-order valence-electron chi connectivity index (χ0n) is 14.6.